The van der Waals surface area contributed by atoms with E-state index in [-0.39, 0.29) is 0 Å². The number of phenolic OH excluding ortho intramolecular Hbond substituents is 1. The van der Waals surface area contributed by atoms with Crippen LogP contribution < -0.4 is 0 Å². The molecule has 0 aliphatic carbocycles. The maximum absolute atomic E-state index is 8.63. The molecule has 0 radical (unpaired) electrons. The molecule has 0 saturated heterocycles. The zero-order chi connectivity index (χ0) is 22.2. The molecule has 4 aromatic carbocycles. The van der Waals surface area contributed by atoms with Gasteiger partial charge in [0.1, 0.15) is 12.5 Å². The number of rotatable bonds is 4. The van der Waals surface area contributed by atoms with Crippen molar-refractivity contribution in [1.82, 2.24) is 0 Å². The molecular weight excluding hydrogens is 380 g/mol. The lowest BCUT2D eigenvalue weighted by molar-refractivity contribution is -0.0979. The Morgan fingerprint density at radius 2 is 0.774 bits per heavy atom. The molecule has 0 atom stereocenters. The van der Waals surface area contributed by atoms with Crippen LogP contribution in [0.3, 0.4) is 0 Å². The van der Waals surface area contributed by atoms with Crippen LogP contribution in [0.1, 0.15) is 22.3 Å². The molecule has 0 spiro atoms. The van der Waals surface area contributed by atoms with E-state index in [9.17, 15) is 0 Å². The van der Waals surface area contributed by atoms with E-state index in [1.807, 2.05) is 25.0 Å². The minimum Gasteiger partial charge on any atom is -0.508 e. The van der Waals surface area contributed by atoms with Crippen molar-refractivity contribution in [1.29, 1.82) is 0 Å². The number of hydrogen-bond acceptors (Lipinski definition) is 2. The van der Waals surface area contributed by atoms with Crippen LogP contribution in [-0.2, 0) is 4.79 Å². The van der Waals surface area contributed by atoms with Gasteiger partial charge in [-0.1, -0.05) is 127 Å². The summed E-state index contributed by atoms with van der Waals surface area (Å²) in [6.07, 6.45) is 8.63. The second-order valence-electron chi connectivity index (χ2n) is 6.45. The number of benzene rings is 4. The van der Waals surface area contributed by atoms with Gasteiger partial charge in [0.25, 0.3) is 0 Å². The van der Waals surface area contributed by atoms with Crippen LogP contribution in [0.5, 0.6) is 5.75 Å². The number of carbonyl (C=O) groups excluding carboxylic acids is 1. The Morgan fingerprint density at radius 3 is 1.10 bits per heavy atom. The smallest absolute Gasteiger partial charge is 0.115 e. The highest BCUT2D eigenvalue weighted by molar-refractivity contribution is 5.79. The number of aromatic hydroxyl groups is 1. The highest BCUT2D eigenvalue weighted by atomic mass is 16.3. The summed E-state index contributed by atoms with van der Waals surface area (Å²) >= 11 is 0. The average molecular weight is 407 g/mol. The predicted molar refractivity (Wildman–Crippen MR) is 132 cm³/mol. The maximum atomic E-state index is 8.63. The number of hydrogen-bond donors (Lipinski definition) is 1. The van der Waals surface area contributed by atoms with Gasteiger partial charge in [0.15, 0.2) is 0 Å². The van der Waals surface area contributed by atoms with Gasteiger partial charge in [-0.05, 0) is 34.4 Å². The summed E-state index contributed by atoms with van der Waals surface area (Å²) in [5, 5.41) is 8.63. The van der Waals surface area contributed by atoms with E-state index >= 15 is 0 Å². The van der Waals surface area contributed by atoms with Crippen molar-refractivity contribution in [2.75, 3.05) is 0 Å². The van der Waals surface area contributed by atoms with Gasteiger partial charge in [0.2, 0.25) is 0 Å². The van der Waals surface area contributed by atoms with E-state index < -0.39 is 0 Å². The summed E-state index contributed by atoms with van der Waals surface area (Å²) in [6.45, 7) is 2.00. The molecule has 0 aliphatic heterocycles. The van der Waals surface area contributed by atoms with Crippen LogP contribution in [0.15, 0.2) is 115 Å². The summed E-state index contributed by atoms with van der Waals surface area (Å²) in [7, 11) is 0. The molecular formula is C29H26O2. The van der Waals surface area contributed by atoms with Gasteiger partial charge >= 0.3 is 0 Å². The van der Waals surface area contributed by atoms with E-state index in [0.717, 1.165) is 0 Å². The Morgan fingerprint density at radius 1 is 0.452 bits per heavy atom. The van der Waals surface area contributed by atoms with Gasteiger partial charge < -0.3 is 9.90 Å². The van der Waals surface area contributed by atoms with Gasteiger partial charge in [-0.3, -0.25) is 0 Å². The fourth-order valence-electron chi connectivity index (χ4n) is 2.74. The molecule has 4 rings (SSSR count). The van der Waals surface area contributed by atoms with Gasteiger partial charge in [-0.2, -0.15) is 0 Å². The molecule has 0 heterocycles. The van der Waals surface area contributed by atoms with Crippen molar-refractivity contribution >= 4 is 31.1 Å². The van der Waals surface area contributed by atoms with Crippen LogP contribution in [0.4, 0.5) is 0 Å². The zero-order valence-electron chi connectivity index (χ0n) is 17.3. The molecule has 0 saturated carbocycles. The first-order valence-electron chi connectivity index (χ1n) is 9.89. The maximum Gasteiger partial charge on any atom is 0.115 e. The van der Waals surface area contributed by atoms with Crippen molar-refractivity contribution in [3.05, 3.63) is 138 Å². The van der Waals surface area contributed by atoms with E-state index in [2.05, 4.69) is 97.1 Å². The molecule has 0 aliphatic rings. The van der Waals surface area contributed by atoms with E-state index in [1.54, 1.807) is 24.3 Å². The van der Waals surface area contributed by atoms with E-state index in [4.69, 9.17) is 9.90 Å². The third-order valence-corrected chi connectivity index (χ3v) is 4.26. The van der Waals surface area contributed by atoms with Gasteiger partial charge in [-0.25, -0.2) is 0 Å². The molecule has 0 aromatic heterocycles. The topological polar surface area (TPSA) is 37.3 Å². The summed E-state index contributed by atoms with van der Waals surface area (Å²) in [5.41, 5.74) is 4.87. The normalized spacial score (nSPS) is 10.1. The molecule has 1 N–H and O–H groups in total. The number of phenols is 1. The van der Waals surface area contributed by atoms with Crippen molar-refractivity contribution < 1.29 is 9.90 Å². The quantitative estimate of drug-likeness (QED) is 0.363. The first-order chi connectivity index (χ1) is 15.3. The Kier molecular flexibility index (Phi) is 10.4. The second-order valence-corrected chi connectivity index (χ2v) is 6.45. The number of para-hydroxylation sites is 1. The van der Waals surface area contributed by atoms with Crippen LogP contribution in [0.2, 0.25) is 0 Å². The lowest BCUT2D eigenvalue weighted by Crippen LogP contribution is -1.80. The SMILES string of the molecule is C(=Cc1ccccc1C=Cc1ccccc1)c1ccccc1.C=O.Oc1ccccc1. The minimum atomic E-state index is 0.322. The third kappa shape index (κ3) is 8.80. The van der Waals surface area contributed by atoms with Crippen molar-refractivity contribution in [3.8, 4) is 5.75 Å². The van der Waals surface area contributed by atoms with Crippen LogP contribution in [0, 0.1) is 0 Å². The first kappa shape index (κ1) is 23.1. The molecule has 0 bridgehead atoms. The van der Waals surface area contributed by atoms with Crippen molar-refractivity contribution in [2.24, 2.45) is 0 Å². The monoisotopic (exact) mass is 406 g/mol. The Balaban J connectivity index is 0.000000319. The summed E-state index contributed by atoms with van der Waals surface area (Å²) in [5.74, 6) is 0.322. The molecule has 0 fully saturated rings. The second kappa shape index (κ2) is 13.9. The first-order valence-corrected chi connectivity index (χ1v) is 9.89. The minimum absolute atomic E-state index is 0.322. The van der Waals surface area contributed by atoms with Gasteiger partial charge in [-0.15, -0.1) is 0 Å². The average Bonchev–Trinajstić information content (AvgIpc) is 2.85. The molecule has 4 aromatic rings. The lowest BCUT2D eigenvalue weighted by atomic mass is 10.0. The highest BCUT2D eigenvalue weighted by Gasteiger charge is 1.94. The van der Waals surface area contributed by atoms with Gasteiger partial charge in [0.05, 0.1) is 0 Å². The van der Waals surface area contributed by atoms with Gasteiger partial charge in [0, 0.05) is 0 Å². The van der Waals surface area contributed by atoms with Crippen LogP contribution in [0.25, 0.3) is 24.3 Å². The largest absolute Gasteiger partial charge is 0.508 e. The summed E-state index contributed by atoms with van der Waals surface area (Å²) in [4.78, 5) is 8.00. The lowest BCUT2D eigenvalue weighted by Gasteiger charge is -2.01. The standard InChI is InChI=1S/C22H18.C6H6O.CH2O/c1-3-9-19(10-4-1)15-17-21-13-7-8-14-22(21)18-16-20-11-5-2-6-12-20;7-6-4-2-1-3-5-6;1-2/h1-18H;1-5,7H;1H2. The molecule has 0 amide bonds. The summed E-state index contributed by atoms with van der Waals surface area (Å²) in [6, 6.07) is 37.9. The molecule has 0 unspecified atom stereocenters. The Bertz CT molecular complexity index is 985. The zero-order valence-corrected chi connectivity index (χ0v) is 17.3. The molecule has 2 nitrogen and oxygen atoms in total. The molecule has 31 heavy (non-hydrogen) atoms. The van der Waals surface area contributed by atoms with Crippen LogP contribution >= 0.6 is 0 Å². The summed E-state index contributed by atoms with van der Waals surface area (Å²) < 4.78 is 0. The fraction of sp³-hybridized carbons (Fsp3) is 0. The predicted octanol–water partition coefficient (Wildman–Crippen LogP) is 7.23. The third-order valence-electron chi connectivity index (χ3n) is 4.26. The molecule has 2 heteroatoms. The van der Waals surface area contributed by atoms with Crippen LogP contribution in [-0.4, -0.2) is 11.9 Å². The number of carbonyl (C=O) groups is 1. The highest BCUT2D eigenvalue weighted by Crippen LogP contribution is 2.16. The van der Waals surface area contributed by atoms with Crippen molar-refractivity contribution in [3.63, 3.8) is 0 Å². The fourth-order valence-corrected chi connectivity index (χ4v) is 2.74. The Labute approximate surface area is 184 Å². The molecule has 154 valence electrons. The van der Waals surface area contributed by atoms with E-state index in [1.165, 1.54) is 22.3 Å². The van der Waals surface area contributed by atoms with Crippen molar-refractivity contribution in [2.45, 2.75) is 0 Å². The van der Waals surface area contributed by atoms with E-state index in [0.29, 0.717) is 5.75 Å². The Hall–Kier alpha value is -4.17.